The number of hydrogen-bond donors (Lipinski definition) is 0. The van der Waals surface area contributed by atoms with Crippen LogP contribution < -0.4 is 9.64 Å². The van der Waals surface area contributed by atoms with E-state index < -0.39 is 0 Å². The van der Waals surface area contributed by atoms with Gasteiger partial charge in [-0.05, 0) is 50.5 Å². The van der Waals surface area contributed by atoms with Crippen LogP contribution in [0.5, 0.6) is 5.75 Å². The van der Waals surface area contributed by atoms with Gasteiger partial charge >= 0.3 is 0 Å². The highest BCUT2D eigenvalue weighted by atomic mass is 16.5. The van der Waals surface area contributed by atoms with Crippen molar-refractivity contribution in [2.45, 2.75) is 46.6 Å². The van der Waals surface area contributed by atoms with Crippen molar-refractivity contribution in [3.05, 3.63) is 23.3 Å². The van der Waals surface area contributed by atoms with Crippen molar-refractivity contribution < 1.29 is 9.53 Å². The highest BCUT2D eigenvalue weighted by Gasteiger charge is 2.31. The van der Waals surface area contributed by atoms with E-state index in [0.29, 0.717) is 0 Å². The lowest BCUT2D eigenvalue weighted by Crippen LogP contribution is -2.45. The van der Waals surface area contributed by atoms with Crippen molar-refractivity contribution in [3.8, 4) is 5.75 Å². The molecule has 0 spiro atoms. The quantitative estimate of drug-likeness (QED) is 0.820. The molecule has 0 radical (unpaired) electrons. The van der Waals surface area contributed by atoms with Crippen LogP contribution in [0.2, 0.25) is 0 Å². The van der Waals surface area contributed by atoms with Crippen LogP contribution >= 0.6 is 0 Å². The number of nitrogens with zero attached hydrogens (tertiary/aromatic N) is 1. The molecule has 1 aromatic rings. The maximum Gasteiger partial charge on any atom is 0.267 e. The Labute approximate surface area is 109 Å². The number of anilines is 1. The van der Waals surface area contributed by atoms with Gasteiger partial charge in [-0.2, -0.15) is 0 Å². The summed E-state index contributed by atoms with van der Waals surface area (Å²) >= 11 is 0. The Balaban J connectivity index is 2.41. The van der Waals surface area contributed by atoms with E-state index >= 15 is 0 Å². The van der Waals surface area contributed by atoms with Crippen LogP contribution in [0.25, 0.3) is 0 Å². The van der Waals surface area contributed by atoms with E-state index in [-0.39, 0.29) is 12.0 Å². The van der Waals surface area contributed by atoms with Gasteiger partial charge in [-0.1, -0.05) is 13.3 Å². The van der Waals surface area contributed by atoms with Crippen LogP contribution in [0.15, 0.2) is 12.1 Å². The summed E-state index contributed by atoms with van der Waals surface area (Å²) in [6.45, 7) is 8.86. The third-order valence-electron chi connectivity index (χ3n) is 3.52. The zero-order valence-corrected chi connectivity index (χ0v) is 11.6. The van der Waals surface area contributed by atoms with Gasteiger partial charge in [-0.3, -0.25) is 4.79 Å². The molecule has 0 aliphatic carbocycles. The number of rotatable bonds is 3. The van der Waals surface area contributed by atoms with Gasteiger partial charge in [0.1, 0.15) is 5.75 Å². The van der Waals surface area contributed by atoms with Crippen molar-refractivity contribution in [2.75, 3.05) is 11.4 Å². The summed E-state index contributed by atoms with van der Waals surface area (Å²) < 4.78 is 5.70. The average molecular weight is 247 g/mol. The SMILES string of the molecule is CCCCN1C(=O)C(C)Oc2cc(C)c(C)cc21. The van der Waals surface area contributed by atoms with E-state index in [4.69, 9.17) is 4.74 Å². The summed E-state index contributed by atoms with van der Waals surface area (Å²) in [6.07, 6.45) is 1.72. The standard InChI is InChI=1S/C15H21NO2/c1-5-6-7-16-13-8-10(2)11(3)9-14(13)18-12(4)15(16)17/h8-9,12H,5-7H2,1-4H3. The molecule has 0 saturated carbocycles. The molecule has 1 amide bonds. The van der Waals surface area contributed by atoms with Gasteiger partial charge in [-0.25, -0.2) is 0 Å². The van der Waals surface area contributed by atoms with Crippen molar-refractivity contribution in [2.24, 2.45) is 0 Å². The Morgan fingerprint density at radius 1 is 1.28 bits per heavy atom. The largest absolute Gasteiger partial charge is 0.479 e. The third kappa shape index (κ3) is 2.22. The molecular weight excluding hydrogens is 226 g/mol. The number of unbranched alkanes of at least 4 members (excludes halogenated alkanes) is 1. The molecule has 0 N–H and O–H groups in total. The summed E-state index contributed by atoms with van der Waals surface area (Å²) in [5, 5.41) is 0. The fourth-order valence-electron chi connectivity index (χ4n) is 2.21. The predicted octanol–water partition coefficient (Wildman–Crippen LogP) is 3.22. The van der Waals surface area contributed by atoms with E-state index in [1.807, 2.05) is 17.9 Å². The van der Waals surface area contributed by atoms with E-state index in [9.17, 15) is 4.79 Å². The molecule has 0 fully saturated rings. The van der Waals surface area contributed by atoms with Crippen molar-refractivity contribution in [3.63, 3.8) is 0 Å². The van der Waals surface area contributed by atoms with Crippen molar-refractivity contribution in [1.82, 2.24) is 0 Å². The molecule has 0 bridgehead atoms. The summed E-state index contributed by atoms with van der Waals surface area (Å²) in [5.41, 5.74) is 3.32. The number of fused-ring (bicyclic) bond motifs is 1. The Morgan fingerprint density at radius 2 is 1.94 bits per heavy atom. The second-order valence-electron chi connectivity index (χ2n) is 5.01. The minimum Gasteiger partial charge on any atom is -0.479 e. The van der Waals surface area contributed by atoms with E-state index in [1.54, 1.807) is 0 Å². The number of benzene rings is 1. The number of carbonyl (C=O) groups is 1. The van der Waals surface area contributed by atoms with E-state index in [0.717, 1.165) is 30.8 Å². The number of aryl methyl sites for hydroxylation is 2. The van der Waals surface area contributed by atoms with Crippen molar-refractivity contribution >= 4 is 11.6 Å². The summed E-state index contributed by atoms with van der Waals surface area (Å²) in [6, 6.07) is 4.09. The summed E-state index contributed by atoms with van der Waals surface area (Å²) in [5.74, 6) is 0.903. The second kappa shape index (κ2) is 5.01. The Kier molecular flexibility index (Phi) is 3.60. The highest BCUT2D eigenvalue weighted by molar-refractivity contribution is 6.00. The van der Waals surface area contributed by atoms with Crippen molar-refractivity contribution in [1.29, 1.82) is 0 Å². The van der Waals surface area contributed by atoms with Gasteiger partial charge in [0.2, 0.25) is 0 Å². The second-order valence-corrected chi connectivity index (χ2v) is 5.01. The van der Waals surface area contributed by atoms with Crippen LogP contribution in [0.3, 0.4) is 0 Å². The molecule has 0 aromatic heterocycles. The highest BCUT2D eigenvalue weighted by Crippen LogP contribution is 2.36. The number of carbonyl (C=O) groups excluding carboxylic acids is 1. The number of hydrogen-bond acceptors (Lipinski definition) is 2. The first-order chi connectivity index (χ1) is 8.54. The molecule has 2 rings (SSSR count). The van der Waals surface area contributed by atoms with Gasteiger partial charge < -0.3 is 9.64 Å². The number of amides is 1. The molecule has 1 unspecified atom stereocenters. The summed E-state index contributed by atoms with van der Waals surface area (Å²) in [4.78, 5) is 14.1. The molecule has 1 heterocycles. The minimum absolute atomic E-state index is 0.0687. The van der Waals surface area contributed by atoms with E-state index in [1.165, 1.54) is 11.1 Å². The molecule has 18 heavy (non-hydrogen) atoms. The normalized spacial score (nSPS) is 18.6. The lowest BCUT2D eigenvalue weighted by atomic mass is 10.1. The molecule has 1 atom stereocenters. The van der Waals surface area contributed by atoms with Gasteiger partial charge in [0, 0.05) is 6.54 Å². The van der Waals surface area contributed by atoms with Gasteiger partial charge in [0.25, 0.3) is 5.91 Å². The van der Waals surface area contributed by atoms with Crippen LogP contribution in [0.1, 0.15) is 37.8 Å². The molecular formula is C15H21NO2. The third-order valence-corrected chi connectivity index (χ3v) is 3.52. The van der Waals surface area contributed by atoms with Crippen LogP contribution in [-0.4, -0.2) is 18.6 Å². The Bertz CT molecular complexity index is 468. The molecule has 3 nitrogen and oxygen atoms in total. The van der Waals surface area contributed by atoms with Gasteiger partial charge in [0.05, 0.1) is 5.69 Å². The number of ether oxygens (including phenoxy) is 1. The van der Waals surface area contributed by atoms with E-state index in [2.05, 4.69) is 26.8 Å². The van der Waals surface area contributed by atoms with Crippen LogP contribution in [0, 0.1) is 13.8 Å². The first-order valence-electron chi connectivity index (χ1n) is 6.64. The zero-order valence-electron chi connectivity index (χ0n) is 11.6. The van der Waals surface area contributed by atoms with Gasteiger partial charge in [0.15, 0.2) is 6.10 Å². The smallest absolute Gasteiger partial charge is 0.267 e. The molecule has 98 valence electrons. The predicted molar refractivity (Wildman–Crippen MR) is 73.3 cm³/mol. The first kappa shape index (κ1) is 12.9. The lowest BCUT2D eigenvalue weighted by molar-refractivity contribution is -0.125. The molecule has 1 aromatic carbocycles. The molecule has 1 aliphatic rings. The van der Waals surface area contributed by atoms with Crippen LogP contribution in [-0.2, 0) is 4.79 Å². The Hall–Kier alpha value is -1.51. The maximum atomic E-state index is 12.2. The molecule has 1 aliphatic heterocycles. The minimum atomic E-state index is -0.378. The summed E-state index contributed by atoms with van der Waals surface area (Å²) in [7, 11) is 0. The fourth-order valence-corrected chi connectivity index (χ4v) is 2.21. The molecule has 3 heteroatoms. The first-order valence-corrected chi connectivity index (χ1v) is 6.64. The topological polar surface area (TPSA) is 29.5 Å². The molecule has 0 saturated heterocycles. The fraction of sp³-hybridized carbons (Fsp3) is 0.533. The Morgan fingerprint density at radius 3 is 2.61 bits per heavy atom. The maximum absolute atomic E-state index is 12.2. The zero-order chi connectivity index (χ0) is 13.3. The monoisotopic (exact) mass is 247 g/mol. The van der Waals surface area contributed by atoms with Gasteiger partial charge in [-0.15, -0.1) is 0 Å². The lowest BCUT2D eigenvalue weighted by Gasteiger charge is -2.33. The van der Waals surface area contributed by atoms with Crippen LogP contribution in [0.4, 0.5) is 5.69 Å². The average Bonchev–Trinajstić information content (AvgIpc) is 2.33.